The van der Waals surface area contributed by atoms with Crippen molar-refractivity contribution in [3.63, 3.8) is 0 Å². The molecular formula is C15H24OS. The number of ether oxygens (including phenoxy) is 1. The molecule has 0 atom stereocenters. The van der Waals surface area contributed by atoms with E-state index in [4.69, 9.17) is 4.74 Å². The van der Waals surface area contributed by atoms with Crippen molar-refractivity contribution in [1.29, 1.82) is 0 Å². The minimum Gasteiger partial charge on any atom is -0.494 e. The second kappa shape index (κ2) is 9.41. The molecule has 0 saturated heterocycles. The molecule has 0 bridgehead atoms. The first-order chi connectivity index (χ1) is 8.29. The Balaban J connectivity index is 1.88. The summed E-state index contributed by atoms with van der Waals surface area (Å²) < 4.78 is 5.65. The highest BCUT2D eigenvalue weighted by Crippen LogP contribution is 2.13. The first-order valence-corrected chi connectivity index (χ1v) is 7.63. The quantitative estimate of drug-likeness (QED) is 0.586. The molecule has 0 radical (unpaired) electrons. The van der Waals surface area contributed by atoms with Gasteiger partial charge in [-0.25, -0.2) is 0 Å². The fourth-order valence-electron chi connectivity index (χ4n) is 1.58. The second-order valence-electron chi connectivity index (χ2n) is 4.50. The van der Waals surface area contributed by atoms with E-state index in [1.807, 2.05) is 30.3 Å². The van der Waals surface area contributed by atoms with Gasteiger partial charge in [0, 0.05) is 0 Å². The van der Waals surface area contributed by atoms with E-state index in [9.17, 15) is 0 Å². The lowest BCUT2D eigenvalue weighted by atomic mass is 10.2. The summed E-state index contributed by atoms with van der Waals surface area (Å²) in [7, 11) is 0. The van der Waals surface area contributed by atoms with Crippen LogP contribution in [0.15, 0.2) is 30.3 Å². The van der Waals surface area contributed by atoms with E-state index in [1.165, 1.54) is 31.4 Å². The molecule has 0 aliphatic heterocycles. The molecule has 0 N–H and O–H groups in total. The normalized spacial score (nSPS) is 10.8. The Hall–Kier alpha value is -0.630. The third-order valence-corrected chi connectivity index (χ3v) is 3.69. The SMILES string of the molecule is CC(C)SCCCCCCOc1ccccc1. The van der Waals surface area contributed by atoms with E-state index in [0.29, 0.717) is 0 Å². The van der Waals surface area contributed by atoms with Crippen molar-refractivity contribution < 1.29 is 4.74 Å². The van der Waals surface area contributed by atoms with Gasteiger partial charge in [0.15, 0.2) is 0 Å². The standard InChI is InChI=1S/C15H24OS/c1-14(2)17-13-9-4-3-8-12-16-15-10-6-5-7-11-15/h5-7,10-11,14H,3-4,8-9,12-13H2,1-2H3. The molecule has 0 aliphatic rings. The van der Waals surface area contributed by atoms with Crippen LogP contribution in [0.4, 0.5) is 0 Å². The largest absolute Gasteiger partial charge is 0.494 e. The van der Waals surface area contributed by atoms with Crippen LogP contribution >= 0.6 is 11.8 Å². The van der Waals surface area contributed by atoms with Gasteiger partial charge in [-0.1, -0.05) is 44.9 Å². The summed E-state index contributed by atoms with van der Waals surface area (Å²) in [5.41, 5.74) is 0. The predicted molar refractivity (Wildman–Crippen MR) is 78.0 cm³/mol. The zero-order valence-corrected chi connectivity index (χ0v) is 11.8. The van der Waals surface area contributed by atoms with Gasteiger partial charge < -0.3 is 4.74 Å². The Morgan fingerprint density at radius 2 is 1.71 bits per heavy atom. The Morgan fingerprint density at radius 3 is 2.41 bits per heavy atom. The van der Waals surface area contributed by atoms with Gasteiger partial charge >= 0.3 is 0 Å². The molecule has 1 aromatic carbocycles. The van der Waals surface area contributed by atoms with Crippen molar-refractivity contribution in [3.05, 3.63) is 30.3 Å². The molecule has 0 amide bonds. The van der Waals surface area contributed by atoms with Gasteiger partial charge in [-0.3, -0.25) is 0 Å². The lowest BCUT2D eigenvalue weighted by Crippen LogP contribution is -1.97. The number of hydrogen-bond donors (Lipinski definition) is 0. The maximum Gasteiger partial charge on any atom is 0.119 e. The number of rotatable bonds is 9. The molecule has 17 heavy (non-hydrogen) atoms. The molecule has 1 aromatic rings. The van der Waals surface area contributed by atoms with Gasteiger partial charge in [-0.2, -0.15) is 11.8 Å². The molecule has 1 nitrogen and oxygen atoms in total. The first-order valence-electron chi connectivity index (χ1n) is 6.58. The lowest BCUT2D eigenvalue weighted by Gasteiger charge is -2.06. The van der Waals surface area contributed by atoms with Crippen LogP contribution in [0.5, 0.6) is 5.75 Å². The zero-order valence-electron chi connectivity index (χ0n) is 11.0. The average Bonchev–Trinajstić information content (AvgIpc) is 2.33. The zero-order chi connectivity index (χ0) is 12.3. The molecule has 0 heterocycles. The van der Waals surface area contributed by atoms with Crippen LogP contribution in [0.25, 0.3) is 0 Å². The maximum atomic E-state index is 5.65. The van der Waals surface area contributed by atoms with Crippen molar-refractivity contribution >= 4 is 11.8 Å². The number of thioether (sulfide) groups is 1. The van der Waals surface area contributed by atoms with Gasteiger partial charge in [0.1, 0.15) is 5.75 Å². The highest BCUT2D eigenvalue weighted by atomic mass is 32.2. The Kier molecular flexibility index (Phi) is 7.98. The number of benzene rings is 1. The molecule has 0 aromatic heterocycles. The molecule has 1 rings (SSSR count). The van der Waals surface area contributed by atoms with Crippen LogP contribution in [0.1, 0.15) is 39.5 Å². The van der Waals surface area contributed by atoms with Crippen molar-refractivity contribution in [1.82, 2.24) is 0 Å². The van der Waals surface area contributed by atoms with E-state index >= 15 is 0 Å². The summed E-state index contributed by atoms with van der Waals surface area (Å²) in [4.78, 5) is 0. The van der Waals surface area contributed by atoms with Crippen LogP contribution in [0, 0.1) is 0 Å². The second-order valence-corrected chi connectivity index (χ2v) is 6.18. The van der Waals surface area contributed by atoms with Crippen molar-refractivity contribution in [2.24, 2.45) is 0 Å². The Bertz CT molecular complexity index is 272. The van der Waals surface area contributed by atoms with Crippen LogP contribution < -0.4 is 4.74 Å². The van der Waals surface area contributed by atoms with Crippen LogP contribution in [0.3, 0.4) is 0 Å². The minimum absolute atomic E-state index is 0.774. The summed E-state index contributed by atoms with van der Waals surface area (Å²) in [6.45, 7) is 5.37. The van der Waals surface area contributed by atoms with Gasteiger partial charge in [-0.05, 0) is 36.0 Å². The first kappa shape index (κ1) is 14.4. The van der Waals surface area contributed by atoms with Crippen molar-refractivity contribution in [2.45, 2.75) is 44.8 Å². The van der Waals surface area contributed by atoms with E-state index < -0.39 is 0 Å². The predicted octanol–water partition coefficient (Wildman–Crippen LogP) is 4.77. The highest BCUT2D eigenvalue weighted by molar-refractivity contribution is 7.99. The fourth-order valence-corrected chi connectivity index (χ4v) is 2.43. The Morgan fingerprint density at radius 1 is 1.00 bits per heavy atom. The number of hydrogen-bond acceptors (Lipinski definition) is 2. The van der Waals surface area contributed by atoms with E-state index in [-0.39, 0.29) is 0 Å². The van der Waals surface area contributed by atoms with E-state index in [1.54, 1.807) is 0 Å². The van der Waals surface area contributed by atoms with Crippen LogP contribution in [0.2, 0.25) is 0 Å². The molecule has 0 aliphatic carbocycles. The van der Waals surface area contributed by atoms with Crippen LogP contribution in [-0.2, 0) is 0 Å². The average molecular weight is 252 g/mol. The summed E-state index contributed by atoms with van der Waals surface area (Å²) in [6.07, 6.45) is 5.12. The lowest BCUT2D eigenvalue weighted by molar-refractivity contribution is 0.305. The summed E-state index contributed by atoms with van der Waals surface area (Å²) in [6, 6.07) is 10.1. The van der Waals surface area contributed by atoms with Gasteiger partial charge in [0.2, 0.25) is 0 Å². The Labute approximate surface area is 110 Å². The minimum atomic E-state index is 0.774. The van der Waals surface area contributed by atoms with Gasteiger partial charge in [0.05, 0.1) is 6.61 Å². The van der Waals surface area contributed by atoms with Gasteiger partial charge in [0.25, 0.3) is 0 Å². The maximum absolute atomic E-state index is 5.65. The summed E-state index contributed by atoms with van der Waals surface area (Å²) >= 11 is 2.06. The molecule has 2 heteroatoms. The van der Waals surface area contributed by atoms with Crippen LogP contribution in [-0.4, -0.2) is 17.6 Å². The monoisotopic (exact) mass is 252 g/mol. The molecule has 0 saturated carbocycles. The fraction of sp³-hybridized carbons (Fsp3) is 0.600. The van der Waals surface area contributed by atoms with Crippen molar-refractivity contribution in [2.75, 3.05) is 12.4 Å². The topological polar surface area (TPSA) is 9.23 Å². The summed E-state index contributed by atoms with van der Waals surface area (Å²) in [5.74, 6) is 2.29. The molecule has 0 unspecified atom stereocenters. The third kappa shape index (κ3) is 8.14. The number of unbranched alkanes of at least 4 members (excludes halogenated alkanes) is 3. The molecule has 96 valence electrons. The molecule has 0 fully saturated rings. The highest BCUT2D eigenvalue weighted by Gasteiger charge is 1.95. The smallest absolute Gasteiger partial charge is 0.119 e. The number of para-hydroxylation sites is 1. The molecule has 0 spiro atoms. The third-order valence-electron chi connectivity index (χ3n) is 2.50. The summed E-state index contributed by atoms with van der Waals surface area (Å²) in [5, 5.41) is 0.774. The molecular weight excluding hydrogens is 228 g/mol. The van der Waals surface area contributed by atoms with E-state index in [0.717, 1.165) is 17.6 Å². The van der Waals surface area contributed by atoms with Gasteiger partial charge in [-0.15, -0.1) is 0 Å². The van der Waals surface area contributed by atoms with Crippen molar-refractivity contribution in [3.8, 4) is 5.75 Å². The van der Waals surface area contributed by atoms with E-state index in [2.05, 4.69) is 25.6 Å².